The summed E-state index contributed by atoms with van der Waals surface area (Å²) in [4.78, 5) is 17.5. The van der Waals surface area contributed by atoms with Crippen LogP contribution in [0.25, 0.3) is 6.08 Å². The van der Waals surface area contributed by atoms with Gasteiger partial charge in [0.1, 0.15) is 6.04 Å². The van der Waals surface area contributed by atoms with Crippen LogP contribution >= 0.6 is 22.9 Å². The van der Waals surface area contributed by atoms with E-state index in [2.05, 4.69) is 28.8 Å². The topological polar surface area (TPSA) is 69.7 Å². The van der Waals surface area contributed by atoms with Gasteiger partial charge in [0.25, 0.3) is 0 Å². The fraction of sp³-hybridized carbons (Fsp3) is 0.350. The van der Waals surface area contributed by atoms with Gasteiger partial charge in [0, 0.05) is 35.6 Å². The molecule has 0 aliphatic carbocycles. The summed E-state index contributed by atoms with van der Waals surface area (Å²) in [6.45, 7) is 2.40. The second kappa shape index (κ2) is 8.20. The van der Waals surface area contributed by atoms with Crippen LogP contribution in [0.5, 0.6) is 0 Å². The smallest absolute Gasteiger partial charge is 0.245 e. The summed E-state index contributed by atoms with van der Waals surface area (Å²) in [6, 6.07) is 8.79. The van der Waals surface area contributed by atoms with Gasteiger partial charge in [0.15, 0.2) is 0 Å². The van der Waals surface area contributed by atoms with Gasteiger partial charge in [-0.15, -0.1) is 11.3 Å². The highest BCUT2D eigenvalue weighted by atomic mass is 35.5. The molecular formula is C20H22ClN3O3S2. The van der Waals surface area contributed by atoms with Crippen LogP contribution in [0.15, 0.2) is 35.7 Å². The first-order chi connectivity index (χ1) is 13.8. The number of hydrogen-bond donors (Lipinski definition) is 1. The molecule has 4 rings (SSSR count). The van der Waals surface area contributed by atoms with Gasteiger partial charge < -0.3 is 9.80 Å². The number of fused-ring (bicyclic) bond motifs is 1. The van der Waals surface area contributed by atoms with Crippen molar-refractivity contribution < 1.29 is 13.2 Å². The number of carbonyl (C=O) groups is 1. The molecule has 1 amide bonds. The Bertz CT molecular complexity index is 1060. The van der Waals surface area contributed by atoms with Crippen molar-refractivity contribution in [2.45, 2.75) is 25.4 Å². The SMILES string of the molecule is CN1CCc2cc(N3CC[C@H](NS(=O)(=O)C=Cc4ccc(Cl)s4)C3=O)ccc2C1. The van der Waals surface area contributed by atoms with Crippen molar-refractivity contribution in [1.29, 1.82) is 0 Å². The zero-order valence-electron chi connectivity index (χ0n) is 16.0. The standard InChI is InChI=1S/C20H22ClN3O3S2/c1-23-9-6-14-12-16(3-2-15(14)13-23)24-10-7-18(20(24)25)22-29(26,27)11-8-17-4-5-19(21)28-17/h2-5,8,11-12,18,22H,6-7,9-10,13H2,1H3/t18-/m0/s1. The number of rotatable bonds is 5. The summed E-state index contributed by atoms with van der Waals surface area (Å²) in [5.74, 6) is -0.214. The Hall–Kier alpha value is -1.71. The van der Waals surface area contributed by atoms with Gasteiger partial charge in [-0.25, -0.2) is 8.42 Å². The molecule has 1 fully saturated rings. The van der Waals surface area contributed by atoms with Gasteiger partial charge >= 0.3 is 0 Å². The predicted molar refractivity (Wildman–Crippen MR) is 118 cm³/mol. The third-order valence-electron chi connectivity index (χ3n) is 5.22. The number of anilines is 1. The molecule has 9 heteroatoms. The highest BCUT2D eigenvalue weighted by Gasteiger charge is 2.35. The van der Waals surface area contributed by atoms with E-state index >= 15 is 0 Å². The van der Waals surface area contributed by atoms with E-state index in [-0.39, 0.29) is 5.91 Å². The molecule has 2 aliphatic heterocycles. The number of carbonyl (C=O) groups excluding carboxylic acids is 1. The Balaban J connectivity index is 1.44. The number of nitrogens with one attached hydrogen (secondary N) is 1. The van der Waals surface area contributed by atoms with E-state index in [9.17, 15) is 13.2 Å². The van der Waals surface area contributed by atoms with Gasteiger partial charge in [-0.2, -0.15) is 4.72 Å². The highest BCUT2D eigenvalue weighted by molar-refractivity contribution is 7.92. The summed E-state index contributed by atoms with van der Waals surface area (Å²) < 4.78 is 27.9. The second-order valence-electron chi connectivity index (χ2n) is 7.38. The molecule has 29 heavy (non-hydrogen) atoms. The molecule has 0 radical (unpaired) electrons. The quantitative estimate of drug-likeness (QED) is 0.758. The Labute approximate surface area is 179 Å². The van der Waals surface area contributed by atoms with Crippen LogP contribution in [-0.4, -0.2) is 45.4 Å². The number of amides is 1. The lowest BCUT2D eigenvalue weighted by Crippen LogP contribution is -2.40. The summed E-state index contributed by atoms with van der Waals surface area (Å²) in [6.07, 6.45) is 2.88. The molecule has 0 spiro atoms. The molecule has 1 saturated heterocycles. The Morgan fingerprint density at radius 1 is 1.21 bits per heavy atom. The normalized spacial score (nSPS) is 20.6. The first-order valence-electron chi connectivity index (χ1n) is 9.38. The van der Waals surface area contributed by atoms with Gasteiger partial charge in [0.05, 0.1) is 4.34 Å². The summed E-state index contributed by atoms with van der Waals surface area (Å²) >= 11 is 7.15. The fourth-order valence-electron chi connectivity index (χ4n) is 3.71. The molecule has 0 saturated carbocycles. The minimum Gasteiger partial charge on any atom is -0.311 e. The molecule has 1 N–H and O–H groups in total. The monoisotopic (exact) mass is 451 g/mol. The van der Waals surface area contributed by atoms with Crippen molar-refractivity contribution in [3.63, 3.8) is 0 Å². The van der Waals surface area contributed by atoms with Crippen LogP contribution in [0.1, 0.15) is 22.4 Å². The van der Waals surface area contributed by atoms with Crippen molar-refractivity contribution in [2.24, 2.45) is 0 Å². The number of nitrogens with zero attached hydrogens (tertiary/aromatic N) is 2. The molecule has 1 aromatic carbocycles. The predicted octanol–water partition coefficient (Wildman–Crippen LogP) is 3.09. The van der Waals surface area contributed by atoms with Crippen molar-refractivity contribution in [3.8, 4) is 0 Å². The molecular weight excluding hydrogens is 430 g/mol. The first-order valence-corrected chi connectivity index (χ1v) is 12.1. The maximum Gasteiger partial charge on any atom is 0.245 e. The number of hydrogen-bond acceptors (Lipinski definition) is 5. The van der Waals surface area contributed by atoms with Gasteiger partial charge in [-0.3, -0.25) is 4.79 Å². The lowest BCUT2D eigenvalue weighted by atomic mass is 9.99. The van der Waals surface area contributed by atoms with Crippen LogP contribution in [0.3, 0.4) is 0 Å². The Kier molecular flexibility index (Phi) is 5.81. The zero-order valence-corrected chi connectivity index (χ0v) is 18.4. The highest BCUT2D eigenvalue weighted by Crippen LogP contribution is 2.28. The number of likely N-dealkylation sites (N-methyl/N-ethyl adjacent to an activating group) is 1. The van der Waals surface area contributed by atoms with E-state index in [1.165, 1.54) is 28.5 Å². The molecule has 0 unspecified atom stereocenters. The molecule has 2 aliphatic rings. The number of thiophene rings is 1. The van der Waals surface area contributed by atoms with Crippen LogP contribution < -0.4 is 9.62 Å². The van der Waals surface area contributed by atoms with Crippen molar-refractivity contribution in [1.82, 2.24) is 9.62 Å². The first kappa shape index (κ1) is 20.6. The summed E-state index contributed by atoms with van der Waals surface area (Å²) in [5, 5.41) is 1.08. The second-order valence-corrected chi connectivity index (χ2v) is 10.7. The number of halogens is 1. The summed E-state index contributed by atoms with van der Waals surface area (Å²) in [5.41, 5.74) is 3.38. The minimum absolute atomic E-state index is 0.214. The van der Waals surface area contributed by atoms with E-state index in [4.69, 9.17) is 11.6 Å². The van der Waals surface area contributed by atoms with E-state index in [1.54, 1.807) is 17.0 Å². The average molecular weight is 452 g/mol. The Morgan fingerprint density at radius 3 is 2.79 bits per heavy atom. The lowest BCUT2D eigenvalue weighted by Gasteiger charge is -2.26. The van der Waals surface area contributed by atoms with Crippen LogP contribution in [0.4, 0.5) is 5.69 Å². The van der Waals surface area contributed by atoms with E-state index in [0.717, 1.165) is 35.5 Å². The molecule has 0 bridgehead atoms. The molecule has 1 atom stereocenters. The van der Waals surface area contributed by atoms with Gasteiger partial charge in [-0.05, 0) is 61.4 Å². The Morgan fingerprint density at radius 2 is 2.03 bits per heavy atom. The van der Waals surface area contributed by atoms with Crippen molar-refractivity contribution >= 4 is 50.6 Å². The molecule has 1 aromatic heterocycles. The minimum atomic E-state index is -3.73. The van der Waals surface area contributed by atoms with Crippen molar-refractivity contribution in [2.75, 3.05) is 25.0 Å². The third kappa shape index (κ3) is 4.73. The van der Waals surface area contributed by atoms with Crippen LogP contribution in [0, 0.1) is 0 Å². The summed E-state index contributed by atoms with van der Waals surface area (Å²) in [7, 11) is -1.64. The van der Waals surface area contributed by atoms with Gasteiger partial charge in [-0.1, -0.05) is 17.7 Å². The van der Waals surface area contributed by atoms with Crippen LogP contribution in [-0.2, 0) is 27.8 Å². The molecule has 154 valence electrons. The third-order valence-corrected chi connectivity index (χ3v) is 7.53. The van der Waals surface area contributed by atoms with E-state index < -0.39 is 16.1 Å². The fourth-order valence-corrected chi connectivity index (χ4v) is 5.78. The largest absolute Gasteiger partial charge is 0.311 e. The maximum atomic E-state index is 12.8. The zero-order chi connectivity index (χ0) is 20.6. The molecule has 6 nitrogen and oxygen atoms in total. The van der Waals surface area contributed by atoms with Crippen molar-refractivity contribution in [3.05, 3.63) is 56.1 Å². The van der Waals surface area contributed by atoms with Gasteiger partial charge in [0.2, 0.25) is 15.9 Å². The van der Waals surface area contributed by atoms with Crippen LogP contribution in [0.2, 0.25) is 4.34 Å². The lowest BCUT2D eigenvalue weighted by molar-refractivity contribution is -0.118. The average Bonchev–Trinajstić information content (AvgIpc) is 3.25. The molecule has 3 heterocycles. The molecule has 2 aromatic rings. The van der Waals surface area contributed by atoms with E-state index in [1.807, 2.05) is 6.07 Å². The maximum absolute atomic E-state index is 12.8. The van der Waals surface area contributed by atoms with E-state index in [0.29, 0.717) is 17.3 Å². The number of benzene rings is 1. The number of sulfonamides is 1.